The van der Waals surface area contributed by atoms with Crippen molar-refractivity contribution < 1.29 is 8.91 Å². The van der Waals surface area contributed by atoms with Crippen LogP contribution in [-0.4, -0.2) is 34.7 Å². The van der Waals surface area contributed by atoms with Crippen LogP contribution < -0.4 is 5.73 Å². The van der Waals surface area contributed by atoms with Crippen LogP contribution in [-0.2, 0) is 0 Å². The van der Waals surface area contributed by atoms with Gasteiger partial charge < -0.3 is 15.2 Å². The molecule has 1 aromatic carbocycles. The highest BCUT2D eigenvalue weighted by Crippen LogP contribution is 2.21. The van der Waals surface area contributed by atoms with E-state index >= 15 is 0 Å². The van der Waals surface area contributed by atoms with Crippen LogP contribution in [0.2, 0.25) is 0 Å². The van der Waals surface area contributed by atoms with Crippen LogP contribution in [0, 0.1) is 12.7 Å². The second-order valence-corrected chi connectivity index (χ2v) is 5.01. The van der Waals surface area contributed by atoms with E-state index in [2.05, 4.69) is 28.9 Å². The molecule has 0 aliphatic heterocycles. The summed E-state index contributed by atoms with van der Waals surface area (Å²) in [7, 11) is 0. The molecule has 1 aromatic heterocycles. The standard InChI is InChI=1S/C15H21FN4O/c1-4-20(5-2)9-13(17)14-18-15(21-19-14)11-6-7-12(16)10(3)8-11/h6-8,13H,4-5,9,17H2,1-3H3. The number of nitrogens with zero attached hydrogens (tertiary/aromatic N) is 3. The molecule has 6 heteroatoms. The number of aromatic nitrogens is 2. The van der Waals surface area contributed by atoms with Gasteiger partial charge in [-0.15, -0.1) is 0 Å². The highest BCUT2D eigenvalue weighted by Gasteiger charge is 2.17. The Kier molecular flexibility index (Phi) is 5.03. The summed E-state index contributed by atoms with van der Waals surface area (Å²) in [6.45, 7) is 8.38. The van der Waals surface area contributed by atoms with Crippen LogP contribution in [0.1, 0.15) is 31.3 Å². The van der Waals surface area contributed by atoms with E-state index in [0.29, 0.717) is 29.4 Å². The molecule has 2 rings (SSSR count). The molecule has 5 nitrogen and oxygen atoms in total. The molecule has 0 saturated carbocycles. The first-order valence-corrected chi connectivity index (χ1v) is 7.13. The quantitative estimate of drug-likeness (QED) is 0.886. The molecule has 0 bridgehead atoms. The Labute approximate surface area is 123 Å². The number of benzene rings is 1. The first-order chi connectivity index (χ1) is 10.0. The van der Waals surface area contributed by atoms with Gasteiger partial charge in [0.2, 0.25) is 0 Å². The fraction of sp³-hybridized carbons (Fsp3) is 0.467. The van der Waals surface area contributed by atoms with E-state index in [0.717, 1.165) is 13.1 Å². The zero-order valence-corrected chi connectivity index (χ0v) is 12.6. The molecular formula is C15H21FN4O. The van der Waals surface area contributed by atoms with Crippen LogP contribution >= 0.6 is 0 Å². The van der Waals surface area contributed by atoms with Gasteiger partial charge >= 0.3 is 0 Å². The third-order valence-corrected chi connectivity index (χ3v) is 3.53. The summed E-state index contributed by atoms with van der Waals surface area (Å²) in [5.74, 6) is 0.582. The fourth-order valence-corrected chi connectivity index (χ4v) is 2.12. The van der Waals surface area contributed by atoms with Gasteiger partial charge in [-0.2, -0.15) is 4.98 Å². The Morgan fingerprint density at radius 1 is 1.33 bits per heavy atom. The lowest BCUT2D eigenvalue weighted by Gasteiger charge is -2.20. The Hall–Kier alpha value is -1.79. The van der Waals surface area contributed by atoms with Crippen LogP contribution in [0.25, 0.3) is 11.5 Å². The van der Waals surface area contributed by atoms with E-state index in [1.54, 1.807) is 19.1 Å². The Bertz CT molecular complexity index is 595. The van der Waals surface area contributed by atoms with Crippen LogP contribution in [0.3, 0.4) is 0 Å². The van der Waals surface area contributed by atoms with Gasteiger partial charge in [-0.1, -0.05) is 19.0 Å². The second-order valence-electron chi connectivity index (χ2n) is 5.01. The summed E-state index contributed by atoms with van der Waals surface area (Å²) in [4.78, 5) is 6.52. The number of rotatable bonds is 6. The van der Waals surface area contributed by atoms with E-state index in [-0.39, 0.29) is 11.9 Å². The Morgan fingerprint density at radius 3 is 2.67 bits per heavy atom. The highest BCUT2D eigenvalue weighted by molar-refractivity contribution is 5.54. The third-order valence-electron chi connectivity index (χ3n) is 3.53. The van der Waals surface area contributed by atoms with Crippen molar-refractivity contribution in [3.05, 3.63) is 35.4 Å². The Balaban J connectivity index is 2.15. The minimum atomic E-state index is -0.302. The number of halogens is 1. The van der Waals surface area contributed by atoms with Crippen molar-refractivity contribution in [2.24, 2.45) is 5.73 Å². The molecule has 0 spiro atoms. The lowest BCUT2D eigenvalue weighted by Crippen LogP contribution is -2.32. The minimum absolute atomic E-state index is 0.253. The maximum atomic E-state index is 13.3. The molecule has 1 atom stereocenters. The molecule has 2 N–H and O–H groups in total. The first-order valence-electron chi connectivity index (χ1n) is 7.13. The van der Waals surface area contributed by atoms with Crippen molar-refractivity contribution in [3.63, 3.8) is 0 Å². The van der Waals surface area contributed by atoms with Crippen molar-refractivity contribution >= 4 is 0 Å². The molecule has 0 saturated heterocycles. The molecule has 1 unspecified atom stereocenters. The van der Waals surface area contributed by atoms with E-state index in [4.69, 9.17) is 10.3 Å². The topological polar surface area (TPSA) is 68.2 Å². The summed E-state index contributed by atoms with van der Waals surface area (Å²) in [6, 6.07) is 4.39. The smallest absolute Gasteiger partial charge is 0.257 e. The van der Waals surface area contributed by atoms with E-state index in [1.807, 2.05) is 0 Å². The number of aryl methyl sites for hydroxylation is 1. The van der Waals surface area contributed by atoms with Crippen LogP contribution in [0.15, 0.2) is 22.7 Å². The number of hydrogen-bond donors (Lipinski definition) is 1. The zero-order chi connectivity index (χ0) is 15.4. The van der Waals surface area contributed by atoms with Crippen LogP contribution in [0.5, 0.6) is 0 Å². The molecule has 114 valence electrons. The lowest BCUT2D eigenvalue weighted by atomic mass is 10.1. The first kappa shape index (κ1) is 15.6. The van der Waals surface area contributed by atoms with E-state index in [1.165, 1.54) is 6.07 Å². The zero-order valence-electron chi connectivity index (χ0n) is 12.6. The minimum Gasteiger partial charge on any atom is -0.334 e. The average Bonchev–Trinajstić information content (AvgIpc) is 2.97. The number of nitrogens with two attached hydrogens (primary N) is 1. The molecule has 0 aliphatic rings. The summed E-state index contributed by atoms with van der Waals surface area (Å²) in [5.41, 5.74) is 7.34. The molecule has 2 aromatic rings. The summed E-state index contributed by atoms with van der Waals surface area (Å²) >= 11 is 0. The summed E-state index contributed by atoms with van der Waals surface area (Å²) < 4.78 is 18.5. The number of hydrogen-bond acceptors (Lipinski definition) is 5. The second kappa shape index (κ2) is 6.78. The largest absolute Gasteiger partial charge is 0.334 e. The molecule has 21 heavy (non-hydrogen) atoms. The molecule has 0 aliphatic carbocycles. The number of likely N-dealkylation sites (N-methyl/N-ethyl adjacent to an activating group) is 1. The highest BCUT2D eigenvalue weighted by atomic mass is 19.1. The maximum absolute atomic E-state index is 13.3. The van der Waals surface area contributed by atoms with Gasteiger partial charge in [-0.05, 0) is 43.8 Å². The normalized spacial score (nSPS) is 12.9. The molecule has 0 amide bonds. The van der Waals surface area contributed by atoms with Crippen molar-refractivity contribution in [2.75, 3.05) is 19.6 Å². The van der Waals surface area contributed by atoms with Gasteiger partial charge in [0.1, 0.15) is 5.82 Å². The molecule has 0 radical (unpaired) electrons. The van der Waals surface area contributed by atoms with Crippen molar-refractivity contribution in [1.29, 1.82) is 0 Å². The summed E-state index contributed by atoms with van der Waals surface area (Å²) in [5, 5.41) is 3.93. The molecule has 0 fully saturated rings. The van der Waals surface area contributed by atoms with E-state index < -0.39 is 0 Å². The lowest BCUT2D eigenvalue weighted by molar-refractivity contribution is 0.278. The predicted octanol–water partition coefficient (Wildman–Crippen LogP) is 2.53. The SMILES string of the molecule is CCN(CC)CC(N)c1noc(-c2ccc(F)c(C)c2)n1. The van der Waals surface area contributed by atoms with E-state index in [9.17, 15) is 4.39 Å². The van der Waals surface area contributed by atoms with Gasteiger partial charge in [0.25, 0.3) is 5.89 Å². The maximum Gasteiger partial charge on any atom is 0.257 e. The van der Waals surface area contributed by atoms with Gasteiger partial charge in [-0.3, -0.25) is 0 Å². The van der Waals surface area contributed by atoms with Crippen molar-refractivity contribution in [3.8, 4) is 11.5 Å². The van der Waals surface area contributed by atoms with Crippen molar-refractivity contribution in [2.45, 2.75) is 26.8 Å². The van der Waals surface area contributed by atoms with Gasteiger partial charge in [0, 0.05) is 12.1 Å². The van der Waals surface area contributed by atoms with Crippen LogP contribution in [0.4, 0.5) is 4.39 Å². The molecular weight excluding hydrogens is 271 g/mol. The third kappa shape index (κ3) is 3.65. The van der Waals surface area contributed by atoms with Crippen molar-refractivity contribution in [1.82, 2.24) is 15.0 Å². The molecule has 1 heterocycles. The fourth-order valence-electron chi connectivity index (χ4n) is 2.12. The Morgan fingerprint density at radius 2 is 2.05 bits per heavy atom. The predicted molar refractivity (Wildman–Crippen MR) is 79.1 cm³/mol. The van der Waals surface area contributed by atoms with Gasteiger partial charge in [0.15, 0.2) is 5.82 Å². The van der Waals surface area contributed by atoms with Gasteiger partial charge in [-0.25, -0.2) is 4.39 Å². The monoisotopic (exact) mass is 292 g/mol. The van der Waals surface area contributed by atoms with Gasteiger partial charge in [0.05, 0.1) is 6.04 Å². The average molecular weight is 292 g/mol. The summed E-state index contributed by atoms with van der Waals surface area (Å²) in [6.07, 6.45) is 0.